The van der Waals surface area contributed by atoms with Crippen LogP contribution in [0.15, 0.2) is 24.3 Å². The standard InChI is InChI=1S/C12H19IN2/c1-10(15(2)3)8-14-9-11-4-6-12(13)7-5-11/h4-7,10,14H,8-9H2,1-3H3. The van der Waals surface area contributed by atoms with E-state index in [4.69, 9.17) is 0 Å². The number of hydrogen-bond acceptors (Lipinski definition) is 2. The molecule has 0 fully saturated rings. The van der Waals surface area contributed by atoms with Gasteiger partial charge in [0.1, 0.15) is 0 Å². The molecule has 1 unspecified atom stereocenters. The first-order valence-corrected chi connectivity index (χ1v) is 6.29. The first-order valence-electron chi connectivity index (χ1n) is 5.21. The Kier molecular flexibility index (Phi) is 5.56. The summed E-state index contributed by atoms with van der Waals surface area (Å²) in [7, 11) is 4.22. The molecule has 0 aromatic heterocycles. The van der Waals surface area contributed by atoms with Crippen molar-refractivity contribution in [2.24, 2.45) is 0 Å². The molecule has 1 rings (SSSR count). The molecule has 0 radical (unpaired) electrons. The summed E-state index contributed by atoms with van der Waals surface area (Å²) in [5.41, 5.74) is 1.35. The SMILES string of the molecule is CC(CNCc1ccc(I)cc1)N(C)C. The van der Waals surface area contributed by atoms with E-state index >= 15 is 0 Å². The summed E-state index contributed by atoms with van der Waals surface area (Å²) in [6, 6.07) is 9.22. The van der Waals surface area contributed by atoms with Gasteiger partial charge in [0.2, 0.25) is 0 Å². The highest BCUT2D eigenvalue weighted by atomic mass is 127. The van der Waals surface area contributed by atoms with E-state index in [1.165, 1.54) is 9.13 Å². The zero-order valence-corrected chi connectivity index (χ0v) is 11.8. The number of nitrogens with zero attached hydrogens (tertiary/aromatic N) is 1. The van der Waals surface area contributed by atoms with Crippen LogP contribution in [0, 0.1) is 3.57 Å². The minimum Gasteiger partial charge on any atom is -0.311 e. The van der Waals surface area contributed by atoms with Crippen molar-refractivity contribution in [3.05, 3.63) is 33.4 Å². The van der Waals surface area contributed by atoms with Gasteiger partial charge in [-0.25, -0.2) is 0 Å². The molecular formula is C12H19IN2. The molecule has 3 heteroatoms. The summed E-state index contributed by atoms with van der Waals surface area (Å²) in [5, 5.41) is 3.46. The second-order valence-electron chi connectivity index (χ2n) is 4.07. The Balaban J connectivity index is 2.29. The molecule has 0 bridgehead atoms. The second kappa shape index (κ2) is 6.45. The number of hydrogen-bond donors (Lipinski definition) is 1. The Labute approximate surface area is 106 Å². The van der Waals surface area contributed by atoms with Gasteiger partial charge >= 0.3 is 0 Å². The molecule has 2 nitrogen and oxygen atoms in total. The van der Waals surface area contributed by atoms with Crippen LogP contribution in [-0.2, 0) is 6.54 Å². The number of benzene rings is 1. The second-order valence-corrected chi connectivity index (χ2v) is 5.32. The molecule has 0 aliphatic carbocycles. The Hall–Kier alpha value is -0.130. The van der Waals surface area contributed by atoms with E-state index in [2.05, 4.69) is 78.1 Å². The predicted molar refractivity (Wildman–Crippen MR) is 74.0 cm³/mol. The van der Waals surface area contributed by atoms with E-state index in [1.54, 1.807) is 0 Å². The minimum absolute atomic E-state index is 0.578. The van der Waals surface area contributed by atoms with Crippen molar-refractivity contribution in [3.8, 4) is 0 Å². The van der Waals surface area contributed by atoms with Crippen LogP contribution in [-0.4, -0.2) is 31.6 Å². The maximum atomic E-state index is 3.46. The van der Waals surface area contributed by atoms with Crippen LogP contribution in [0.3, 0.4) is 0 Å². The molecule has 1 aromatic rings. The molecule has 0 aliphatic heterocycles. The van der Waals surface area contributed by atoms with Gasteiger partial charge in [0, 0.05) is 22.7 Å². The fraction of sp³-hybridized carbons (Fsp3) is 0.500. The third kappa shape index (κ3) is 4.95. The fourth-order valence-corrected chi connectivity index (χ4v) is 1.57. The predicted octanol–water partition coefficient (Wildman–Crippen LogP) is 2.33. The fourth-order valence-electron chi connectivity index (χ4n) is 1.21. The largest absolute Gasteiger partial charge is 0.311 e. The Morgan fingerprint density at radius 1 is 1.27 bits per heavy atom. The van der Waals surface area contributed by atoms with Crippen LogP contribution >= 0.6 is 22.6 Å². The van der Waals surface area contributed by atoms with Gasteiger partial charge in [-0.15, -0.1) is 0 Å². The number of rotatable bonds is 5. The lowest BCUT2D eigenvalue weighted by atomic mass is 10.2. The topological polar surface area (TPSA) is 15.3 Å². The highest BCUT2D eigenvalue weighted by molar-refractivity contribution is 14.1. The Morgan fingerprint density at radius 2 is 1.87 bits per heavy atom. The van der Waals surface area contributed by atoms with Gasteiger partial charge in [0.25, 0.3) is 0 Å². The highest BCUT2D eigenvalue weighted by Crippen LogP contribution is 2.06. The normalized spacial score (nSPS) is 13.1. The summed E-state index contributed by atoms with van der Waals surface area (Å²) in [4.78, 5) is 2.22. The number of nitrogens with one attached hydrogen (secondary N) is 1. The minimum atomic E-state index is 0.578. The van der Waals surface area contributed by atoms with Crippen LogP contribution in [0.5, 0.6) is 0 Å². The van der Waals surface area contributed by atoms with Gasteiger partial charge in [-0.05, 0) is 61.3 Å². The highest BCUT2D eigenvalue weighted by Gasteiger charge is 2.02. The van der Waals surface area contributed by atoms with Crippen molar-refractivity contribution in [2.75, 3.05) is 20.6 Å². The van der Waals surface area contributed by atoms with Crippen molar-refractivity contribution in [2.45, 2.75) is 19.5 Å². The molecule has 0 spiro atoms. The number of likely N-dealkylation sites (N-methyl/N-ethyl adjacent to an activating group) is 1. The summed E-state index contributed by atoms with van der Waals surface area (Å²) < 4.78 is 1.29. The summed E-state index contributed by atoms with van der Waals surface area (Å²) in [6.45, 7) is 4.20. The van der Waals surface area contributed by atoms with Crippen molar-refractivity contribution >= 4 is 22.6 Å². The van der Waals surface area contributed by atoms with Crippen molar-refractivity contribution in [1.82, 2.24) is 10.2 Å². The Morgan fingerprint density at radius 3 is 2.40 bits per heavy atom. The lowest BCUT2D eigenvalue weighted by molar-refractivity contribution is 0.302. The van der Waals surface area contributed by atoms with E-state index in [0.29, 0.717) is 6.04 Å². The first kappa shape index (κ1) is 12.9. The average molecular weight is 318 g/mol. The average Bonchev–Trinajstić information content (AvgIpc) is 2.20. The molecule has 0 saturated carbocycles. The summed E-state index contributed by atoms with van der Waals surface area (Å²) >= 11 is 2.33. The van der Waals surface area contributed by atoms with Gasteiger partial charge in [-0.1, -0.05) is 12.1 Å². The van der Waals surface area contributed by atoms with Crippen LogP contribution in [0.25, 0.3) is 0 Å². The van der Waals surface area contributed by atoms with E-state index in [-0.39, 0.29) is 0 Å². The lowest BCUT2D eigenvalue weighted by Gasteiger charge is -2.20. The third-order valence-electron chi connectivity index (χ3n) is 2.56. The van der Waals surface area contributed by atoms with Crippen molar-refractivity contribution in [1.29, 1.82) is 0 Å². The van der Waals surface area contributed by atoms with Gasteiger partial charge in [0.15, 0.2) is 0 Å². The molecule has 1 atom stereocenters. The maximum absolute atomic E-state index is 3.46. The van der Waals surface area contributed by atoms with Gasteiger partial charge in [0.05, 0.1) is 0 Å². The first-order chi connectivity index (χ1) is 7.09. The van der Waals surface area contributed by atoms with Gasteiger partial charge < -0.3 is 10.2 Å². The number of halogens is 1. The van der Waals surface area contributed by atoms with Gasteiger partial charge in [-0.3, -0.25) is 0 Å². The van der Waals surface area contributed by atoms with E-state index < -0.39 is 0 Å². The van der Waals surface area contributed by atoms with Crippen LogP contribution < -0.4 is 5.32 Å². The molecule has 1 N–H and O–H groups in total. The molecule has 15 heavy (non-hydrogen) atoms. The molecule has 1 aromatic carbocycles. The van der Waals surface area contributed by atoms with Crippen LogP contribution in [0.2, 0.25) is 0 Å². The van der Waals surface area contributed by atoms with E-state index in [9.17, 15) is 0 Å². The zero-order chi connectivity index (χ0) is 11.3. The Bertz CT molecular complexity index is 282. The molecule has 0 heterocycles. The molecule has 0 saturated heterocycles. The quantitative estimate of drug-likeness (QED) is 0.839. The van der Waals surface area contributed by atoms with Crippen LogP contribution in [0.1, 0.15) is 12.5 Å². The lowest BCUT2D eigenvalue weighted by Crippen LogP contribution is -2.35. The van der Waals surface area contributed by atoms with Crippen molar-refractivity contribution in [3.63, 3.8) is 0 Å². The van der Waals surface area contributed by atoms with Crippen molar-refractivity contribution < 1.29 is 0 Å². The van der Waals surface area contributed by atoms with E-state index in [1.807, 2.05) is 0 Å². The third-order valence-corrected chi connectivity index (χ3v) is 3.28. The molecule has 0 amide bonds. The smallest absolute Gasteiger partial charge is 0.0206 e. The zero-order valence-electron chi connectivity index (χ0n) is 9.63. The molecule has 84 valence electrons. The van der Waals surface area contributed by atoms with Crippen LogP contribution in [0.4, 0.5) is 0 Å². The van der Waals surface area contributed by atoms with Gasteiger partial charge in [-0.2, -0.15) is 0 Å². The maximum Gasteiger partial charge on any atom is 0.0206 e. The van der Waals surface area contributed by atoms with E-state index in [0.717, 1.165) is 13.1 Å². The molecular weight excluding hydrogens is 299 g/mol. The monoisotopic (exact) mass is 318 g/mol. The summed E-state index contributed by atoms with van der Waals surface area (Å²) in [5.74, 6) is 0. The molecule has 0 aliphatic rings. The summed E-state index contributed by atoms with van der Waals surface area (Å²) in [6.07, 6.45) is 0.